The summed E-state index contributed by atoms with van der Waals surface area (Å²) in [6.07, 6.45) is -0.458. The standard InChI is InChI=1S/C6H14NO2.C2H5.W/c1-5(7-2)6(8)4-9-3;1-2;/h5-6,8H,4H2,1-3H3;1H2,2H3;/q2*-1;+2. The SMILES string of the molecule is C[N-]C(C)C(O)COC.[CH2-]C.[W+2]. The quantitative estimate of drug-likeness (QED) is 0.779. The van der Waals surface area contributed by atoms with Gasteiger partial charge in [-0.2, -0.15) is 14.0 Å². The van der Waals surface area contributed by atoms with E-state index in [-0.39, 0.29) is 27.1 Å². The summed E-state index contributed by atoms with van der Waals surface area (Å²) >= 11 is 0. The molecule has 74 valence electrons. The summed E-state index contributed by atoms with van der Waals surface area (Å²) in [5.41, 5.74) is 0. The monoisotopic (exact) mass is 345 g/mol. The number of aliphatic hydroxyl groups is 1. The van der Waals surface area contributed by atoms with Crippen LogP contribution in [0.1, 0.15) is 13.8 Å². The van der Waals surface area contributed by atoms with Gasteiger partial charge in [-0.3, -0.25) is 0 Å². The molecule has 0 aromatic rings. The van der Waals surface area contributed by atoms with Crippen molar-refractivity contribution in [2.45, 2.75) is 26.0 Å². The van der Waals surface area contributed by atoms with Crippen LogP contribution in [0.5, 0.6) is 0 Å². The summed E-state index contributed by atoms with van der Waals surface area (Å²) in [7, 11) is 3.25. The fourth-order valence-corrected chi connectivity index (χ4v) is 0.482. The molecule has 3 nitrogen and oxygen atoms in total. The number of rotatable bonds is 4. The maximum atomic E-state index is 9.10. The summed E-state index contributed by atoms with van der Waals surface area (Å²) in [6, 6.07) is -0.0232. The molecule has 2 unspecified atom stereocenters. The van der Waals surface area contributed by atoms with Gasteiger partial charge in [-0.1, -0.05) is 6.92 Å². The van der Waals surface area contributed by atoms with Crippen LogP contribution in [0.3, 0.4) is 0 Å². The maximum Gasteiger partial charge on any atom is 2.00 e. The van der Waals surface area contributed by atoms with Crippen molar-refractivity contribution < 1.29 is 30.9 Å². The number of likely N-dealkylation sites (N-methyl/N-ethyl adjacent to an activating group) is 1. The Morgan fingerprint density at radius 2 is 1.92 bits per heavy atom. The molecule has 0 amide bonds. The van der Waals surface area contributed by atoms with E-state index < -0.39 is 6.10 Å². The molecule has 4 heteroatoms. The molecule has 0 aliphatic rings. The van der Waals surface area contributed by atoms with E-state index >= 15 is 0 Å². The third-order valence-electron chi connectivity index (χ3n) is 1.30. The van der Waals surface area contributed by atoms with Crippen molar-refractivity contribution in [3.05, 3.63) is 12.2 Å². The molecule has 0 aromatic carbocycles. The minimum atomic E-state index is -0.458. The molecule has 2 atom stereocenters. The van der Waals surface area contributed by atoms with Crippen molar-refractivity contribution in [3.63, 3.8) is 0 Å². The molecule has 0 fully saturated rings. The van der Waals surface area contributed by atoms with Gasteiger partial charge in [0.15, 0.2) is 0 Å². The summed E-state index contributed by atoms with van der Waals surface area (Å²) in [4.78, 5) is 0. The normalized spacial score (nSPS) is 13.5. The third kappa shape index (κ3) is 10.6. The van der Waals surface area contributed by atoms with Crippen LogP contribution in [0.15, 0.2) is 0 Å². The van der Waals surface area contributed by atoms with Gasteiger partial charge in [0.25, 0.3) is 0 Å². The van der Waals surface area contributed by atoms with Gasteiger partial charge in [-0.25, -0.2) is 0 Å². The Balaban J connectivity index is -0.000000249. The van der Waals surface area contributed by atoms with Gasteiger partial charge in [-0.15, -0.1) is 6.04 Å². The van der Waals surface area contributed by atoms with Gasteiger partial charge in [0.1, 0.15) is 0 Å². The van der Waals surface area contributed by atoms with Gasteiger partial charge in [0.2, 0.25) is 0 Å². The molecular formula is C8H19NO2W. The number of aliphatic hydroxyl groups excluding tert-OH is 1. The molecule has 0 rings (SSSR count). The fraction of sp³-hybridized carbons (Fsp3) is 0.875. The van der Waals surface area contributed by atoms with Crippen LogP contribution < -0.4 is 0 Å². The number of nitrogens with zero attached hydrogens (tertiary/aromatic N) is 1. The Hall–Kier alpha value is 0.568. The van der Waals surface area contributed by atoms with Gasteiger partial charge in [-0.05, 0) is 0 Å². The average Bonchev–Trinajstić information content (AvgIpc) is 2.07. The van der Waals surface area contributed by atoms with E-state index in [0.717, 1.165) is 0 Å². The van der Waals surface area contributed by atoms with Crippen LogP contribution in [0.2, 0.25) is 0 Å². The zero-order valence-electron chi connectivity index (χ0n) is 8.28. The molecule has 0 saturated carbocycles. The smallest absolute Gasteiger partial charge is 0.660 e. The zero-order valence-corrected chi connectivity index (χ0v) is 11.2. The van der Waals surface area contributed by atoms with E-state index in [1.54, 1.807) is 21.1 Å². The Bertz CT molecular complexity index is 74.1. The van der Waals surface area contributed by atoms with Crippen molar-refractivity contribution in [3.8, 4) is 0 Å². The van der Waals surface area contributed by atoms with Crippen molar-refractivity contribution >= 4 is 0 Å². The first-order chi connectivity index (χ1) is 5.22. The second kappa shape index (κ2) is 14.1. The van der Waals surface area contributed by atoms with E-state index in [1.807, 2.05) is 6.92 Å². The van der Waals surface area contributed by atoms with E-state index in [4.69, 9.17) is 9.84 Å². The molecule has 0 aromatic heterocycles. The first kappa shape index (κ1) is 18.4. The summed E-state index contributed by atoms with van der Waals surface area (Å²) in [6.45, 7) is 7.21. The van der Waals surface area contributed by atoms with E-state index in [9.17, 15) is 0 Å². The van der Waals surface area contributed by atoms with Crippen molar-refractivity contribution in [1.29, 1.82) is 0 Å². The van der Waals surface area contributed by atoms with E-state index in [2.05, 4.69) is 12.2 Å². The number of ether oxygens (including phenoxy) is 1. The number of hydrogen-bond acceptors (Lipinski definition) is 2. The molecule has 0 aliphatic carbocycles. The Labute approximate surface area is 90.1 Å². The van der Waals surface area contributed by atoms with Crippen LogP contribution in [-0.4, -0.2) is 38.0 Å². The van der Waals surface area contributed by atoms with Crippen molar-refractivity contribution in [1.82, 2.24) is 0 Å². The topological polar surface area (TPSA) is 43.6 Å². The molecular weight excluding hydrogens is 326 g/mol. The minimum Gasteiger partial charge on any atom is -0.660 e. The predicted octanol–water partition coefficient (Wildman–Crippen LogP) is 1.22. The summed E-state index contributed by atoms with van der Waals surface area (Å²) in [5.74, 6) is 0. The van der Waals surface area contributed by atoms with Crippen LogP contribution >= 0.6 is 0 Å². The third-order valence-corrected chi connectivity index (χ3v) is 1.30. The molecule has 0 spiro atoms. The maximum absolute atomic E-state index is 9.10. The average molecular weight is 345 g/mol. The molecule has 1 N–H and O–H groups in total. The molecule has 0 bridgehead atoms. The molecule has 0 radical (unpaired) electrons. The second-order valence-corrected chi connectivity index (χ2v) is 2.02. The van der Waals surface area contributed by atoms with Gasteiger partial charge < -0.3 is 22.1 Å². The minimum absolute atomic E-state index is 0. The van der Waals surface area contributed by atoms with Crippen molar-refractivity contribution in [2.75, 3.05) is 20.8 Å². The first-order valence-corrected chi connectivity index (χ1v) is 3.69. The Morgan fingerprint density at radius 3 is 2.17 bits per heavy atom. The number of hydrogen-bond donors (Lipinski definition) is 1. The molecule has 0 saturated heterocycles. The van der Waals surface area contributed by atoms with Gasteiger partial charge in [0, 0.05) is 7.11 Å². The Kier molecular flexibility index (Phi) is 21.6. The predicted molar refractivity (Wildman–Crippen MR) is 47.7 cm³/mol. The van der Waals surface area contributed by atoms with Gasteiger partial charge in [0.05, 0.1) is 12.7 Å². The summed E-state index contributed by atoms with van der Waals surface area (Å²) in [5, 5.41) is 13.0. The largest absolute Gasteiger partial charge is 2.00 e. The van der Waals surface area contributed by atoms with Crippen LogP contribution in [-0.2, 0) is 25.8 Å². The molecule has 0 aliphatic heterocycles. The van der Waals surface area contributed by atoms with Gasteiger partial charge >= 0.3 is 21.1 Å². The van der Waals surface area contributed by atoms with E-state index in [1.165, 1.54) is 0 Å². The molecule has 0 heterocycles. The fourth-order valence-electron chi connectivity index (χ4n) is 0.482. The van der Waals surface area contributed by atoms with E-state index in [0.29, 0.717) is 6.61 Å². The zero-order chi connectivity index (χ0) is 9.28. The van der Waals surface area contributed by atoms with Crippen LogP contribution in [0.4, 0.5) is 0 Å². The van der Waals surface area contributed by atoms with Crippen LogP contribution in [0.25, 0.3) is 5.32 Å². The molecule has 12 heavy (non-hydrogen) atoms. The van der Waals surface area contributed by atoms with Crippen molar-refractivity contribution in [2.24, 2.45) is 0 Å². The van der Waals surface area contributed by atoms with Crippen LogP contribution in [0, 0.1) is 6.92 Å². The second-order valence-electron chi connectivity index (χ2n) is 2.02. The first-order valence-electron chi connectivity index (χ1n) is 3.69. The Morgan fingerprint density at radius 1 is 1.50 bits per heavy atom. The summed E-state index contributed by atoms with van der Waals surface area (Å²) < 4.78 is 4.72. The number of methoxy groups -OCH3 is 1.